The van der Waals surface area contributed by atoms with E-state index in [2.05, 4.69) is 20.4 Å². The van der Waals surface area contributed by atoms with E-state index < -0.39 is 11.9 Å². The minimum absolute atomic E-state index is 0.335. The van der Waals surface area contributed by atoms with Crippen LogP contribution in [0.1, 0.15) is 58.0 Å². The van der Waals surface area contributed by atoms with Gasteiger partial charge < -0.3 is 4.74 Å². The van der Waals surface area contributed by atoms with E-state index in [1.807, 2.05) is 6.07 Å². The highest BCUT2D eigenvalue weighted by atomic mass is 16.6. The number of carbonyl (C=O) groups is 2. The van der Waals surface area contributed by atoms with Crippen LogP contribution in [-0.4, -0.2) is 11.9 Å². The Morgan fingerprint density at radius 1 is 1.09 bits per heavy atom. The summed E-state index contributed by atoms with van der Waals surface area (Å²) in [4.78, 5) is 24.2. The van der Waals surface area contributed by atoms with Crippen LogP contribution in [0.2, 0.25) is 0 Å². The fourth-order valence-electron chi connectivity index (χ4n) is 2.17. The Balaban J connectivity index is 2.11. The van der Waals surface area contributed by atoms with Gasteiger partial charge in [-0.25, -0.2) is 9.59 Å². The molecule has 2 aromatic carbocycles. The predicted octanol–water partition coefficient (Wildman–Crippen LogP) is 4.84. The Morgan fingerprint density at radius 3 is 2.35 bits per heavy atom. The summed E-state index contributed by atoms with van der Waals surface area (Å²) in [5.41, 5.74) is 2.68. The highest BCUT2D eigenvalue weighted by Gasteiger charge is 2.16. The van der Waals surface area contributed by atoms with Crippen LogP contribution in [0.4, 0.5) is 0 Å². The molecule has 23 heavy (non-hydrogen) atoms. The second-order valence-corrected chi connectivity index (χ2v) is 5.44. The van der Waals surface area contributed by atoms with Crippen molar-refractivity contribution in [2.75, 3.05) is 0 Å². The molecule has 0 fully saturated rings. The second kappa shape index (κ2) is 7.54. The summed E-state index contributed by atoms with van der Waals surface area (Å²) in [5.74, 6) is -0.933. The molecular formula is C20H20O3. The molecule has 0 aliphatic carbocycles. The number of carbonyl (C=O) groups excluding carboxylic acids is 2. The van der Waals surface area contributed by atoms with Gasteiger partial charge in [0, 0.05) is 0 Å². The zero-order valence-electron chi connectivity index (χ0n) is 13.4. The van der Waals surface area contributed by atoms with Crippen LogP contribution in [0.15, 0.2) is 55.1 Å². The van der Waals surface area contributed by atoms with Crippen LogP contribution >= 0.6 is 0 Å². The number of hydrogen-bond donors (Lipinski definition) is 0. The first kappa shape index (κ1) is 16.7. The van der Waals surface area contributed by atoms with Crippen molar-refractivity contribution in [3.05, 3.63) is 77.4 Å². The molecule has 0 aliphatic heterocycles. The van der Waals surface area contributed by atoms with E-state index in [0.717, 1.165) is 17.5 Å². The molecule has 1 atom stereocenters. The number of hydrogen-bond acceptors (Lipinski definition) is 3. The van der Waals surface area contributed by atoms with Gasteiger partial charge in [-0.1, -0.05) is 50.8 Å². The Labute approximate surface area is 136 Å². The Kier molecular flexibility index (Phi) is 5.47. The Hall–Kier alpha value is -2.68. The maximum absolute atomic E-state index is 12.2. The zero-order chi connectivity index (χ0) is 16.8. The van der Waals surface area contributed by atoms with Gasteiger partial charge in [0.25, 0.3) is 0 Å². The van der Waals surface area contributed by atoms with Gasteiger partial charge in [0.15, 0.2) is 0 Å². The Bertz CT molecular complexity index is 714. The van der Waals surface area contributed by atoms with Gasteiger partial charge in [-0.05, 0) is 47.7 Å². The first-order valence-corrected chi connectivity index (χ1v) is 7.64. The average molecular weight is 308 g/mol. The molecule has 0 spiro atoms. The maximum atomic E-state index is 12.2. The van der Waals surface area contributed by atoms with Crippen molar-refractivity contribution in [1.29, 1.82) is 0 Å². The summed E-state index contributed by atoms with van der Waals surface area (Å²) in [6.07, 6.45) is 2.66. The lowest BCUT2D eigenvalue weighted by Crippen LogP contribution is -2.13. The van der Waals surface area contributed by atoms with Crippen LogP contribution in [0.3, 0.4) is 0 Å². The monoisotopic (exact) mass is 308 g/mol. The summed E-state index contributed by atoms with van der Waals surface area (Å²) < 4.78 is 4.96. The largest absolute Gasteiger partial charge is 0.386 e. The van der Waals surface area contributed by atoms with Gasteiger partial charge in [0.2, 0.25) is 0 Å². The standard InChI is InChI=1S/C20H20O3/c1-4-14(3)17-7-6-8-18(13-17)20(22)23-19(21)16-11-9-15(5-2)10-12-16/h5-14H,2,4H2,1,3H3. The van der Waals surface area contributed by atoms with Gasteiger partial charge in [0.05, 0.1) is 11.1 Å². The lowest BCUT2D eigenvalue weighted by Gasteiger charge is -2.10. The molecule has 2 aromatic rings. The molecular weight excluding hydrogens is 288 g/mol. The molecule has 0 saturated heterocycles. The smallest absolute Gasteiger partial charge is 0.346 e. The number of ether oxygens (including phenoxy) is 1. The second-order valence-electron chi connectivity index (χ2n) is 5.44. The molecule has 0 aromatic heterocycles. The SMILES string of the molecule is C=Cc1ccc(C(=O)OC(=O)c2cccc(C(C)CC)c2)cc1. The van der Waals surface area contributed by atoms with Crippen molar-refractivity contribution < 1.29 is 14.3 Å². The van der Waals surface area contributed by atoms with Crippen LogP contribution in [0.25, 0.3) is 6.08 Å². The van der Waals surface area contributed by atoms with Crippen molar-refractivity contribution in [3.8, 4) is 0 Å². The molecule has 1 unspecified atom stereocenters. The van der Waals surface area contributed by atoms with Crippen molar-refractivity contribution >= 4 is 18.0 Å². The van der Waals surface area contributed by atoms with E-state index in [1.54, 1.807) is 48.5 Å². The third kappa shape index (κ3) is 4.16. The molecule has 0 aliphatic rings. The van der Waals surface area contributed by atoms with Gasteiger partial charge in [0.1, 0.15) is 0 Å². The third-order valence-electron chi connectivity index (χ3n) is 3.87. The molecule has 0 saturated carbocycles. The molecule has 0 bridgehead atoms. The molecule has 0 heterocycles. The lowest BCUT2D eigenvalue weighted by atomic mass is 9.97. The fourth-order valence-corrected chi connectivity index (χ4v) is 2.17. The summed E-state index contributed by atoms with van der Waals surface area (Å²) in [7, 11) is 0. The maximum Gasteiger partial charge on any atom is 0.346 e. The zero-order valence-corrected chi connectivity index (χ0v) is 13.4. The summed E-state index contributed by atoms with van der Waals surface area (Å²) in [5, 5.41) is 0. The van der Waals surface area contributed by atoms with Crippen molar-refractivity contribution in [2.45, 2.75) is 26.2 Å². The van der Waals surface area contributed by atoms with Crippen molar-refractivity contribution in [2.24, 2.45) is 0 Å². The van der Waals surface area contributed by atoms with Gasteiger partial charge in [-0.15, -0.1) is 0 Å². The van der Waals surface area contributed by atoms with E-state index in [1.165, 1.54) is 0 Å². The van der Waals surface area contributed by atoms with Crippen LogP contribution in [0, 0.1) is 0 Å². The van der Waals surface area contributed by atoms with E-state index >= 15 is 0 Å². The molecule has 118 valence electrons. The molecule has 2 rings (SSSR count). The van der Waals surface area contributed by atoms with E-state index in [9.17, 15) is 9.59 Å². The predicted molar refractivity (Wildman–Crippen MR) is 91.4 cm³/mol. The highest BCUT2D eigenvalue weighted by molar-refractivity contribution is 6.02. The van der Waals surface area contributed by atoms with Gasteiger partial charge in [-0.2, -0.15) is 0 Å². The number of esters is 2. The molecule has 3 nitrogen and oxygen atoms in total. The van der Waals surface area contributed by atoms with E-state index in [4.69, 9.17) is 4.74 Å². The van der Waals surface area contributed by atoms with E-state index in [-0.39, 0.29) is 0 Å². The fraction of sp³-hybridized carbons (Fsp3) is 0.200. The highest BCUT2D eigenvalue weighted by Crippen LogP contribution is 2.20. The summed E-state index contributed by atoms with van der Waals surface area (Å²) in [6, 6.07) is 13.9. The first-order valence-electron chi connectivity index (χ1n) is 7.64. The Morgan fingerprint density at radius 2 is 1.74 bits per heavy atom. The van der Waals surface area contributed by atoms with Crippen LogP contribution < -0.4 is 0 Å². The molecule has 0 radical (unpaired) electrons. The molecule has 0 amide bonds. The quantitative estimate of drug-likeness (QED) is 0.586. The molecule has 3 heteroatoms. The van der Waals surface area contributed by atoms with Gasteiger partial charge >= 0.3 is 11.9 Å². The average Bonchev–Trinajstić information content (AvgIpc) is 2.61. The van der Waals surface area contributed by atoms with Gasteiger partial charge in [-0.3, -0.25) is 0 Å². The number of rotatable bonds is 5. The first-order chi connectivity index (χ1) is 11.0. The van der Waals surface area contributed by atoms with Crippen molar-refractivity contribution in [3.63, 3.8) is 0 Å². The van der Waals surface area contributed by atoms with E-state index in [0.29, 0.717) is 17.0 Å². The van der Waals surface area contributed by atoms with Crippen LogP contribution in [-0.2, 0) is 4.74 Å². The number of benzene rings is 2. The third-order valence-corrected chi connectivity index (χ3v) is 3.87. The minimum atomic E-state index is -0.653. The topological polar surface area (TPSA) is 43.4 Å². The summed E-state index contributed by atoms with van der Waals surface area (Å²) in [6.45, 7) is 7.84. The van der Waals surface area contributed by atoms with Crippen molar-refractivity contribution in [1.82, 2.24) is 0 Å². The minimum Gasteiger partial charge on any atom is -0.386 e. The lowest BCUT2D eigenvalue weighted by molar-refractivity contribution is 0.0397. The normalized spacial score (nSPS) is 11.6. The molecule has 0 N–H and O–H groups in total. The summed E-state index contributed by atoms with van der Waals surface area (Å²) >= 11 is 0. The van der Waals surface area contributed by atoms with Crippen LogP contribution in [0.5, 0.6) is 0 Å².